The minimum atomic E-state index is -0.525. The number of ether oxygens (including phenoxy) is 2. The van der Waals surface area contributed by atoms with Crippen molar-refractivity contribution < 1.29 is 14.3 Å². The van der Waals surface area contributed by atoms with Crippen LogP contribution in [0.1, 0.15) is 45.1 Å². The molecule has 0 saturated heterocycles. The average Bonchev–Trinajstić information content (AvgIpc) is 2.75. The molecule has 0 radical (unpaired) electrons. The molecule has 0 saturated carbocycles. The lowest BCUT2D eigenvalue weighted by Gasteiger charge is -2.43. The maximum absolute atomic E-state index is 12.9. The summed E-state index contributed by atoms with van der Waals surface area (Å²) in [6.45, 7) is 6.45. The van der Waals surface area contributed by atoms with Crippen molar-refractivity contribution in [1.82, 2.24) is 0 Å². The molecule has 3 aliphatic rings. The Morgan fingerprint density at radius 1 is 1.26 bits per heavy atom. The molecule has 4 heteroatoms. The number of carbonyl (C=O) groups is 1. The molecule has 1 aliphatic carbocycles. The smallest absolute Gasteiger partial charge is 0.164 e. The lowest BCUT2D eigenvalue weighted by atomic mass is 9.70. The fourth-order valence-corrected chi connectivity index (χ4v) is 6.03. The zero-order chi connectivity index (χ0) is 16.4. The number of ketones is 1. The van der Waals surface area contributed by atoms with E-state index >= 15 is 0 Å². The molecule has 23 heavy (non-hydrogen) atoms. The number of carbonyl (C=O) groups excluding carboxylic acids is 1. The molecule has 1 aromatic rings. The highest BCUT2D eigenvalue weighted by molar-refractivity contribution is 8.03. The van der Waals surface area contributed by atoms with Gasteiger partial charge in [-0.15, -0.1) is 11.8 Å². The quantitative estimate of drug-likeness (QED) is 0.768. The van der Waals surface area contributed by atoms with E-state index in [0.29, 0.717) is 6.42 Å². The first-order valence-corrected chi connectivity index (χ1v) is 9.09. The summed E-state index contributed by atoms with van der Waals surface area (Å²) in [5, 5.41) is 0. The number of methoxy groups -OCH3 is 1. The van der Waals surface area contributed by atoms with Gasteiger partial charge in [-0.1, -0.05) is 13.8 Å². The minimum Gasteiger partial charge on any atom is -0.497 e. The molecule has 0 unspecified atom stereocenters. The summed E-state index contributed by atoms with van der Waals surface area (Å²) in [5.41, 5.74) is 1.63. The Hall–Kier alpha value is -1.42. The van der Waals surface area contributed by atoms with Crippen molar-refractivity contribution in [2.45, 2.75) is 45.1 Å². The van der Waals surface area contributed by atoms with Crippen LogP contribution < -0.4 is 9.47 Å². The van der Waals surface area contributed by atoms with E-state index in [9.17, 15) is 4.79 Å². The van der Waals surface area contributed by atoms with Crippen LogP contribution in [0.5, 0.6) is 11.5 Å². The molecule has 0 aromatic heterocycles. The largest absolute Gasteiger partial charge is 0.497 e. The highest BCUT2D eigenvalue weighted by Crippen LogP contribution is 2.58. The van der Waals surface area contributed by atoms with Gasteiger partial charge in [-0.25, -0.2) is 0 Å². The van der Waals surface area contributed by atoms with E-state index in [2.05, 4.69) is 26.8 Å². The molecule has 2 atom stereocenters. The molecule has 122 valence electrons. The van der Waals surface area contributed by atoms with Crippen LogP contribution in [0.25, 0.3) is 0 Å². The van der Waals surface area contributed by atoms with Crippen molar-refractivity contribution in [3.8, 4) is 11.5 Å². The summed E-state index contributed by atoms with van der Waals surface area (Å²) in [6, 6.07) is 5.96. The van der Waals surface area contributed by atoms with E-state index in [0.717, 1.165) is 29.2 Å². The normalized spacial score (nSPS) is 31.1. The average molecular weight is 330 g/mol. The van der Waals surface area contributed by atoms with Crippen LogP contribution in [0.4, 0.5) is 0 Å². The lowest BCUT2D eigenvalue weighted by molar-refractivity contribution is -0.119. The molecule has 2 heterocycles. The van der Waals surface area contributed by atoms with Gasteiger partial charge >= 0.3 is 0 Å². The van der Waals surface area contributed by atoms with E-state index in [1.807, 2.05) is 23.9 Å². The maximum Gasteiger partial charge on any atom is 0.164 e. The maximum atomic E-state index is 12.9. The number of Topliss-reactive ketones (excluding diaryl/α,β-unsaturated/α-hetero) is 1. The monoisotopic (exact) mass is 330 g/mol. The third kappa shape index (κ3) is 2.14. The summed E-state index contributed by atoms with van der Waals surface area (Å²) in [7, 11) is 1.68. The van der Waals surface area contributed by atoms with Crippen molar-refractivity contribution in [1.29, 1.82) is 0 Å². The highest BCUT2D eigenvalue weighted by atomic mass is 32.2. The molecule has 0 amide bonds. The van der Waals surface area contributed by atoms with E-state index in [1.54, 1.807) is 7.11 Å². The molecule has 0 fully saturated rings. The number of fused-ring (bicyclic) bond motifs is 4. The van der Waals surface area contributed by atoms with Crippen molar-refractivity contribution in [2.75, 3.05) is 12.9 Å². The van der Waals surface area contributed by atoms with Gasteiger partial charge in [0.1, 0.15) is 17.1 Å². The number of benzene rings is 1. The van der Waals surface area contributed by atoms with E-state index in [-0.39, 0.29) is 17.1 Å². The molecule has 2 aliphatic heterocycles. The molecule has 0 spiro atoms. The Morgan fingerprint density at radius 2 is 2.04 bits per heavy atom. The number of rotatable bonds is 1. The molecular formula is C19H22O3S. The van der Waals surface area contributed by atoms with Gasteiger partial charge in [0.25, 0.3) is 0 Å². The number of hydrogen-bond acceptors (Lipinski definition) is 4. The van der Waals surface area contributed by atoms with Crippen molar-refractivity contribution >= 4 is 17.5 Å². The summed E-state index contributed by atoms with van der Waals surface area (Å²) >= 11 is 1.84. The van der Waals surface area contributed by atoms with E-state index in [1.165, 1.54) is 10.5 Å². The first-order valence-electron chi connectivity index (χ1n) is 8.11. The van der Waals surface area contributed by atoms with Gasteiger partial charge in [0.2, 0.25) is 0 Å². The summed E-state index contributed by atoms with van der Waals surface area (Å²) in [5.74, 6) is 3.17. The topological polar surface area (TPSA) is 35.5 Å². The second kappa shape index (κ2) is 4.79. The summed E-state index contributed by atoms with van der Waals surface area (Å²) in [4.78, 5) is 14.1. The Balaban J connectivity index is 1.81. The molecule has 3 nitrogen and oxygen atoms in total. The standard InChI is InChI=1S/C19H22O3S/c1-18(2)8-14(20)17-16(9-18)23-10-13-12-7-11(21-4)5-6-15(12)22-19(13,17)3/h5-7,13H,8-10H2,1-4H3/t13-,19+/m1/s1. The summed E-state index contributed by atoms with van der Waals surface area (Å²) < 4.78 is 11.7. The van der Waals surface area contributed by atoms with Gasteiger partial charge in [0.05, 0.1) is 7.11 Å². The second-order valence-electron chi connectivity index (χ2n) is 7.72. The molecule has 0 bridgehead atoms. The fourth-order valence-electron chi connectivity index (χ4n) is 4.21. The van der Waals surface area contributed by atoms with Crippen molar-refractivity contribution in [2.24, 2.45) is 5.41 Å². The third-order valence-corrected chi connectivity index (χ3v) is 6.53. The Bertz CT molecular complexity index is 734. The zero-order valence-electron chi connectivity index (χ0n) is 14.1. The number of hydrogen-bond donors (Lipinski definition) is 0. The van der Waals surface area contributed by atoms with Gasteiger partial charge in [-0.3, -0.25) is 4.79 Å². The predicted octanol–water partition coefficient (Wildman–Crippen LogP) is 4.32. The van der Waals surface area contributed by atoms with Crippen LogP contribution in [0, 0.1) is 5.41 Å². The SMILES string of the molecule is COc1ccc2c(c1)[C@H]1CSC3=C(C(=O)CC(C)(C)C3)[C@@]1(C)O2. The van der Waals surface area contributed by atoms with Gasteiger partial charge in [0.15, 0.2) is 5.78 Å². The van der Waals surface area contributed by atoms with Gasteiger partial charge in [-0.05, 0) is 41.9 Å². The molecule has 0 N–H and O–H groups in total. The Labute approximate surface area is 141 Å². The number of allylic oxidation sites excluding steroid dienone is 1. The zero-order valence-corrected chi connectivity index (χ0v) is 14.9. The predicted molar refractivity (Wildman–Crippen MR) is 92.3 cm³/mol. The summed E-state index contributed by atoms with van der Waals surface area (Å²) in [6.07, 6.45) is 1.59. The van der Waals surface area contributed by atoms with Crippen LogP contribution in [0.15, 0.2) is 28.7 Å². The number of thioether (sulfide) groups is 1. The Morgan fingerprint density at radius 3 is 2.78 bits per heavy atom. The van der Waals surface area contributed by atoms with E-state index in [4.69, 9.17) is 9.47 Å². The van der Waals surface area contributed by atoms with Crippen molar-refractivity contribution in [3.63, 3.8) is 0 Å². The van der Waals surface area contributed by atoms with E-state index < -0.39 is 5.60 Å². The van der Waals surface area contributed by atoms with Crippen LogP contribution >= 0.6 is 11.8 Å². The molecule has 1 aromatic carbocycles. The van der Waals surface area contributed by atoms with Gasteiger partial charge < -0.3 is 9.47 Å². The first kappa shape index (κ1) is 15.1. The van der Waals surface area contributed by atoms with Gasteiger partial charge in [0, 0.05) is 29.2 Å². The molecule has 4 rings (SSSR count). The first-order chi connectivity index (χ1) is 10.8. The van der Waals surface area contributed by atoms with Crippen LogP contribution in [-0.2, 0) is 4.79 Å². The minimum absolute atomic E-state index is 0.0563. The van der Waals surface area contributed by atoms with Gasteiger partial charge in [-0.2, -0.15) is 0 Å². The second-order valence-corrected chi connectivity index (χ2v) is 8.83. The fraction of sp³-hybridized carbons (Fsp3) is 0.526. The lowest BCUT2D eigenvalue weighted by Crippen LogP contribution is -2.46. The molecular weight excluding hydrogens is 308 g/mol. The van der Waals surface area contributed by atoms with Crippen molar-refractivity contribution in [3.05, 3.63) is 34.2 Å². The highest BCUT2D eigenvalue weighted by Gasteiger charge is 2.55. The Kier molecular flexibility index (Phi) is 3.15. The third-order valence-electron chi connectivity index (χ3n) is 5.34. The van der Waals surface area contributed by atoms with Crippen LogP contribution in [0.3, 0.4) is 0 Å². The van der Waals surface area contributed by atoms with Crippen LogP contribution in [0.2, 0.25) is 0 Å². The van der Waals surface area contributed by atoms with Crippen LogP contribution in [-0.4, -0.2) is 24.2 Å².